The molecule has 1 aliphatic heterocycles. The molecule has 1 fully saturated rings. The van der Waals surface area contributed by atoms with Crippen molar-refractivity contribution in [3.8, 4) is 0 Å². The summed E-state index contributed by atoms with van der Waals surface area (Å²) in [7, 11) is -0.603. The molecule has 0 radical (unpaired) electrons. The third-order valence-corrected chi connectivity index (χ3v) is 4.92. The molecule has 0 bridgehead atoms. The van der Waals surface area contributed by atoms with Crippen LogP contribution in [0.15, 0.2) is 36.8 Å². The van der Waals surface area contributed by atoms with Gasteiger partial charge in [-0.1, -0.05) is 11.6 Å². The number of aromatic nitrogens is 2. The fraction of sp³-hybridized carbons (Fsp3) is 0.353. The Kier molecular flexibility index (Phi) is 4.57. The lowest BCUT2D eigenvalue weighted by atomic mass is 9.79. The van der Waals surface area contributed by atoms with Crippen molar-refractivity contribution in [2.45, 2.75) is 38.9 Å². The molecule has 2 aromatic rings. The smallest absolute Gasteiger partial charge is 0.399 e. The Balaban J connectivity index is 1.83. The summed E-state index contributed by atoms with van der Waals surface area (Å²) in [5.41, 5.74) is 0.586. The number of hydrogen-bond acceptors (Lipinski definition) is 5. The predicted molar refractivity (Wildman–Crippen MR) is 97.2 cm³/mol. The minimum Gasteiger partial charge on any atom is -0.399 e. The average Bonchev–Trinajstić information content (AvgIpc) is 2.78. The predicted octanol–water partition coefficient (Wildman–Crippen LogP) is 2.68. The van der Waals surface area contributed by atoms with Gasteiger partial charge in [0, 0.05) is 22.4 Å². The number of carbonyl (C=O) groups is 1. The molecule has 1 aromatic heterocycles. The molecule has 0 spiro atoms. The molecule has 2 heterocycles. The molecular formula is C17H19BClN3O3. The summed E-state index contributed by atoms with van der Waals surface area (Å²) in [6.45, 7) is 7.90. The summed E-state index contributed by atoms with van der Waals surface area (Å²) in [6.07, 6.45) is 2.84. The number of nitrogens with zero attached hydrogens (tertiary/aromatic N) is 2. The van der Waals surface area contributed by atoms with Gasteiger partial charge in [0.2, 0.25) is 0 Å². The first-order valence-electron chi connectivity index (χ1n) is 7.92. The van der Waals surface area contributed by atoms with Gasteiger partial charge in [-0.2, -0.15) is 0 Å². The number of benzene rings is 1. The number of nitrogens with one attached hydrogen (secondary N) is 1. The third kappa shape index (κ3) is 3.54. The summed E-state index contributed by atoms with van der Waals surface area (Å²) in [5.74, 6) is -0.329. The van der Waals surface area contributed by atoms with Crippen LogP contribution in [-0.4, -0.2) is 34.2 Å². The van der Waals surface area contributed by atoms with Crippen molar-refractivity contribution in [3.63, 3.8) is 0 Å². The van der Waals surface area contributed by atoms with E-state index in [1.807, 2.05) is 27.7 Å². The normalized spacial score (nSPS) is 18.2. The van der Waals surface area contributed by atoms with Gasteiger partial charge in [-0.15, -0.1) is 0 Å². The highest BCUT2D eigenvalue weighted by atomic mass is 35.5. The number of hydrogen-bond donors (Lipinski definition) is 1. The second-order valence-corrected chi connectivity index (χ2v) is 7.28. The molecule has 1 aromatic carbocycles. The van der Waals surface area contributed by atoms with E-state index in [4.69, 9.17) is 20.9 Å². The van der Waals surface area contributed by atoms with E-state index in [1.54, 1.807) is 24.3 Å². The van der Waals surface area contributed by atoms with Crippen molar-refractivity contribution >= 4 is 35.8 Å². The zero-order valence-electron chi connectivity index (χ0n) is 14.5. The molecule has 0 aliphatic carbocycles. The topological polar surface area (TPSA) is 73.3 Å². The molecule has 0 atom stereocenters. The maximum atomic E-state index is 12.2. The maximum Gasteiger partial charge on any atom is 0.496 e. The molecule has 1 saturated heterocycles. The summed E-state index contributed by atoms with van der Waals surface area (Å²) >= 11 is 6.32. The maximum absolute atomic E-state index is 12.2. The van der Waals surface area contributed by atoms with Crippen molar-refractivity contribution in [3.05, 3.63) is 47.5 Å². The van der Waals surface area contributed by atoms with E-state index in [2.05, 4.69) is 15.3 Å². The van der Waals surface area contributed by atoms with E-state index in [9.17, 15) is 4.79 Å². The molecule has 1 amide bonds. The first kappa shape index (κ1) is 17.9. The standard InChI is InChI=1S/C17H19BClN3O3/c1-16(2)17(3,4)25-18(24-16)12-9-11(5-6-13(12)19)22-15(23)14-7-8-20-10-21-14/h5-10H,1-4H3,(H,22,23). The highest BCUT2D eigenvalue weighted by Gasteiger charge is 2.52. The lowest BCUT2D eigenvalue weighted by Crippen LogP contribution is -2.41. The monoisotopic (exact) mass is 359 g/mol. The highest BCUT2D eigenvalue weighted by molar-refractivity contribution is 6.65. The molecule has 0 unspecified atom stereocenters. The Morgan fingerprint density at radius 2 is 1.84 bits per heavy atom. The molecule has 6 nitrogen and oxygen atoms in total. The van der Waals surface area contributed by atoms with Crippen LogP contribution in [0.5, 0.6) is 0 Å². The summed E-state index contributed by atoms with van der Waals surface area (Å²) in [4.78, 5) is 20.0. The largest absolute Gasteiger partial charge is 0.496 e. The lowest BCUT2D eigenvalue weighted by Gasteiger charge is -2.32. The third-order valence-electron chi connectivity index (χ3n) is 4.58. The van der Waals surface area contributed by atoms with Crippen LogP contribution in [0, 0.1) is 0 Å². The fourth-order valence-electron chi connectivity index (χ4n) is 2.39. The van der Waals surface area contributed by atoms with Crippen LogP contribution in [0.1, 0.15) is 38.2 Å². The van der Waals surface area contributed by atoms with Gasteiger partial charge in [-0.3, -0.25) is 4.79 Å². The van der Waals surface area contributed by atoms with Crippen LogP contribution in [-0.2, 0) is 9.31 Å². The second-order valence-electron chi connectivity index (χ2n) is 6.87. The van der Waals surface area contributed by atoms with Crippen molar-refractivity contribution < 1.29 is 14.1 Å². The van der Waals surface area contributed by atoms with Gasteiger partial charge in [-0.05, 0) is 52.0 Å². The molecule has 3 rings (SSSR count). The van der Waals surface area contributed by atoms with Crippen molar-refractivity contribution in [1.29, 1.82) is 0 Å². The Morgan fingerprint density at radius 3 is 2.44 bits per heavy atom. The molecule has 8 heteroatoms. The SMILES string of the molecule is CC1(C)OB(c2cc(NC(=O)c3ccncn3)ccc2Cl)OC1(C)C. The number of carbonyl (C=O) groups excluding carboxylic acids is 1. The molecule has 0 saturated carbocycles. The molecule has 1 N–H and O–H groups in total. The van der Waals surface area contributed by atoms with Gasteiger partial charge in [0.05, 0.1) is 11.2 Å². The van der Waals surface area contributed by atoms with Gasteiger partial charge in [0.1, 0.15) is 12.0 Å². The minimum atomic E-state index is -0.603. The Labute approximate surface area is 152 Å². The van der Waals surface area contributed by atoms with Crippen LogP contribution >= 0.6 is 11.6 Å². The molecule has 130 valence electrons. The molecule has 1 aliphatic rings. The zero-order valence-corrected chi connectivity index (χ0v) is 15.3. The van der Waals surface area contributed by atoms with E-state index in [1.165, 1.54) is 12.5 Å². The second kappa shape index (κ2) is 6.40. The zero-order chi connectivity index (χ0) is 18.2. The number of anilines is 1. The van der Waals surface area contributed by atoms with E-state index in [0.29, 0.717) is 16.2 Å². The van der Waals surface area contributed by atoms with E-state index < -0.39 is 18.3 Å². The molecular weight excluding hydrogens is 340 g/mol. The Morgan fingerprint density at radius 1 is 1.16 bits per heavy atom. The van der Waals surface area contributed by atoms with Crippen LogP contribution in [0.25, 0.3) is 0 Å². The summed E-state index contributed by atoms with van der Waals surface area (Å²) < 4.78 is 12.1. The molecule has 25 heavy (non-hydrogen) atoms. The summed E-state index contributed by atoms with van der Waals surface area (Å²) in [6, 6.07) is 6.72. The van der Waals surface area contributed by atoms with Crippen LogP contribution in [0.4, 0.5) is 5.69 Å². The Bertz CT molecular complexity index is 783. The Hall–Kier alpha value is -1.96. The van der Waals surface area contributed by atoms with E-state index in [0.717, 1.165) is 0 Å². The van der Waals surface area contributed by atoms with Crippen LogP contribution in [0.3, 0.4) is 0 Å². The van der Waals surface area contributed by atoms with Crippen LogP contribution < -0.4 is 10.8 Å². The number of halogens is 1. The summed E-state index contributed by atoms with van der Waals surface area (Å²) in [5, 5.41) is 3.30. The van der Waals surface area contributed by atoms with Gasteiger partial charge in [0.15, 0.2) is 0 Å². The van der Waals surface area contributed by atoms with Gasteiger partial charge >= 0.3 is 7.12 Å². The lowest BCUT2D eigenvalue weighted by molar-refractivity contribution is 0.00578. The van der Waals surface area contributed by atoms with Crippen molar-refractivity contribution in [1.82, 2.24) is 9.97 Å². The van der Waals surface area contributed by atoms with Crippen molar-refractivity contribution in [2.24, 2.45) is 0 Å². The fourth-order valence-corrected chi connectivity index (χ4v) is 2.60. The van der Waals surface area contributed by atoms with Gasteiger partial charge < -0.3 is 14.6 Å². The number of rotatable bonds is 3. The highest BCUT2D eigenvalue weighted by Crippen LogP contribution is 2.37. The van der Waals surface area contributed by atoms with Gasteiger partial charge in [0.25, 0.3) is 5.91 Å². The van der Waals surface area contributed by atoms with E-state index >= 15 is 0 Å². The first-order valence-corrected chi connectivity index (χ1v) is 8.30. The van der Waals surface area contributed by atoms with Crippen molar-refractivity contribution in [2.75, 3.05) is 5.32 Å². The minimum absolute atomic E-state index is 0.280. The van der Waals surface area contributed by atoms with Gasteiger partial charge in [-0.25, -0.2) is 9.97 Å². The number of amides is 1. The average molecular weight is 360 g/mol. The quantitative estimate of drug-likeness (QED) is 0.853. The first-order chi connectivity index (χ1) is 11.7. The van der Waals surface area contributed by atoms with E-state index in [-0.39, 0.29) is 11.6 Å². The van der Waals surface area contributed by atoms with Crippen LogP contribution in [0.2, 0.25) is 5.02 Å².